The maximum absolute atomic E-state index is 11.1. The molecule has 0 fully saturated rings. The molecule has 0 aromatic rings. The van der Waals surface area contributed by atoms with Crippen LogP contribution in [0, 0.1) is 0 Å². The fourth-order valence-electron chi connectivity index (χ4n) is 2.33. The number of carbonyl (C=O) groups is 2. The molecule has 0 radical (unpaired) electrons. The largest absolute Gasteiger partial charge is 0.466 e. The van der Waals surface area contributed by atoms with E-state index in [0.717, 1.165) is 18.9 Å². The zero-order chi connectivity index (χ0) is 19.3. The summed E-state index contributed by atoms with van der Waals surface area (Å²) in [4.78, 5) is 20.9. The molecule has 0 heterocycles. The molecule has 0 aromatic carbocycles. The Morgan fingerprint density at radius 3 is 1.56 bits per heavy atom. The average Bonchev–Trinajstić information content (AvgIpc) is 2.64. The van der Waals surface area contributed by atoms with Gasteiger partial charge in [-0.25, -0.2) is 9.59 Å². The topological polar surface area (TPSA) is 52.6 Å². The molecule has 25 heavy (non-hydrogen) atoms. The van der Waals surface area contributed by atoms with Crippen molar-refractivity contribution < 1.29 is 19.1 Å². The molecule has 0 unspecified atom stereocenters. The summed E-state index contributed by atoms with van der Waals surface area (Å²) < 4.78 is 8.77. The molecule has 0 aliphatic carbocycles. The Morgan fingerprint density at radius 1 is 0.800 bits per heavy atom. The number of esters is 2. The summed E-state index contributed by atoms with van der Waals surface area (Å²) in [6.07, 6.45) is 16.5. The fourth-order valence-corrected chi connectivity index (χ4v) is 2.33. The number of unbranched alkanes of at least 4 members (excludes halogenated alkanes) is 10. The molecule has 0 aliphatic rings. The lowest BCUT2D eigenvalue weighted by Crippen LogP contribution is -2.03. The van der Waals surface area contributed by atoms with Crippen molar-refractivity contribution in [2.75, 3.05) is 14.2 Å². The first-order valence-corrected chi connectivity index (χ1v) is 9.49. The van der Waals surface area contributed by atoms with Crippen molar-refractivity contribution in [2.45, 2.75) is 84.0 Å². The van der Waals surface area contributed by atoms with E-state index < -0.39 is 5.97 Å². The summed E-state index contributed by atoms with van der Waals surface area (Å²) in [6, 6.07) is 0. The zero-order valence-electron chi connectivity index (χ0n) is 16.6. The van der Waals surface area contributed by atoms with Gasteiger partial charge in [-0.15, -0.1) is 0 Å². The third-order valence-electron chi connectivity index (χ3n) is 3.92. The van der Waals surface area contributed by atoms with Crippen LogP contribution in [-0.4, -0.2) is 26.2 Å². The van der Waals surface area contributed by atoms with Gasteiger partial charge in [-0.3, -0.25) is 0 Å². The molecular weight excluding hydrogens is 316 g/mol. The monoisotopic (exact) mass is 354 g/mol. The van der Waals surface area contributed by atoms with Gasteiger partial charge in [-0.05, 0) is 12.8 Å². The Balaban J connectivity index is 0. The normalized spacial score (nSPS) is 9.56. The molecule has 0 N–H and O–H groups in total. The molecule has 0 saturated carbocycles. The van der Waals surface area contributed by atoms with Gasteiger partial charge < -0.3 is 9.47 Å². The molecule has 0 amide bonds. The fraction of sp³-hybridized carbons (Fsp3) is 0.714. The van der Waals surface area contributed by atoms with Crippen LogP contribution < -0.4 is 0 Å². The Hall–Kier alpha value is -1.58. The highest BCUT2D eigenvalue weighted by molar-refractivity contribution is 5.87. The van der Waals surface area contributed by atoms with Gasteiger partial charge in [-0.1, -0.05) is 84.3 Å². The molecule has 4 nitrogen and oxygen atoms in total. The van der Waals surface area contributed by atoms with Crippen LogP contribution in [0.2, 0.25) is 0 Å². The van der Waals surface area contributed by atoms with E-state index in [-0.39, 0.29) is 5.97 Å². The predicted molar refractivity (Wildman–Crippen MR) is 104 cm³/mol. The Labute approximate surface area is 154 Å². The highest BCUT2D eigenvalue weighted by atomic mass is 16.5. The molecule has 0 aliphatic heterocycles. The molecule has 0 rings (SSSR count). The highest BCUT2D eigenvalue weighted by Crippen LogP contribution is 2.13. The van der Waals surface area contributed by atoms with E-state index in [0.29, 0.717) is 5.57 Å². The first-order valence-electron chi connectivity index (χ1n) is 9.49. The van der Waals surface area contributed by atoms with Crippen LogP contribution in [0.15, 0.2) is 24.8 Å². The maximum atomic E-state index is 11.1. The highest BCUT2D eigenvalue weighted by Gasteiger charge is 2.05. The van der Waals surface area contributed by atoms with E-state index in [2.05, 4.69) is 29.6 Å². The summed E-state index contributed by atoms with van der Waals surface area (Å²) >= 11 is 0. The minimum Gasteiger partial charge on any atom is -0.466 e. The van der Waals surface area contributed by atoms with E-state index in [1.807, 2.05) is 0 Å². The number of methoxy groups -OCH3 is 2. The summed E-state index contributed by atoms with van der Waals surface area (Å²) in [5.41, 5.74) is 0.610. The van der Waals surface area contributed by atoms with Crippen molar-refractivity contribution in [3.05, 3.63) is 24.8 Å². The zero-order valence-corrected chi connectivity index (χ0v) is 16.6. The van der Waals surface area contributed by atoms with Crippen molar-refractivity contribution in [1.82, 2.24) is 0 Å². The lowest BCUT2D eigenvalue weighted by molar-refractivity contribution is -0.136. The van der Waals surface area contributed by atoms with Gasteiger partial charge in [0, 0.05) is 11.6 Å². The molecule has 0 aromatic heterocycles. The van der Waals surface area contributed by atoms with Crippen LogP contribution in [0.5, 0.6) is 0 Å². The van der Waals surface area contributed by atoms with Crippen LogP contribution in [0.1, 0.15) is 84.0 Å². The van der Waals surface area contributed by atoms with E-state index >= 15 is 0 Å². The summed E-state index contributed by atoms with van der Waals surface area (Å²) in [6.45, 7) is 9.15. The van der Waals surface area contributed by atoms with Gasteiger partial charge in [0.15, 0.2) is 0 Å². The van der Waals surface area contributed by atoms with Crippen molar-refractivity contribution in [1.29, 1.82) is 0 Å². The third-order valence-corrected chi connectivity index (χ3v) is 3.92. The standard InChI is InChI=1S/C17H32O2.C4H6O2/c1-4-5-6-7-8-9-10-11-12-13-14-15-16(2)17(18)19-3;1-3-4(5)6-2/h2,4-15H2,1,3H3;3H,1H2,2H3. The van der Waals surface area contributed by atoms with Crippen LogP contribution in [0.25, 0.3) is 0 Å². The van der Waals surface area contributed by atoms with Gasteiger partial charge in [0.1, 0.15) is 0 Å². The second kappa shape index (κ2) is 20.5. The van der Waals surface area contributed by atoms with Crippen molar-refractivity contribution in [3.8, 4) is 0 Å². The van der Waals surface area contributed by atoms with Crippen molar-refractivity contribution >= 4 is 11.9 Å². The first-order chi connectivity index (χ1) is 12.0. The molecule has 146 valence electrons. The van der Waals surface area contributed by atoms with E-state index in [4.69, 9.17) is 0 Å². The lowest BCUT2D eigenvalue weighted by Gasteiger charge is -2.04. The quantitative estimate of drug-likeness (QED) is 0.226. The van der Waals surface area contributed by atoms with Crippen LogP contribution in [-0.2, 0) is 19.1 Å². The van der Waals surface area contributed by atoms with Gasteiger partial charge in [0.05, 0.1) is 14.2 Å². The molecule has 0 bridgehead atoms. The number of hydrogen-bond acceptors (Lipinski definition) is 4. The molecule has 0 saturated heterocycles. The Kier molecular flexibility index (Phi) is 21.0. The first kappa shape index (κ1) is 25.7. The number of rotatable bonds is 14. The molecule has 0 atom stereocenters. The second-order valence-electron chi connectivity index (χ2n) is 6.11. The third kappa shape index (κ3) is 20.4. The van der Waals surface area contributed by atoms with E-state index in [1.165, 1.54) is 78.4 Å². The smallest absolute Gasteiger partial charge is 0.333 e. The van der Waals surface area contributed by atoms with Gasteiger partial charge in [-0.2, -0.15) is 0 Å². The minimum atomic E-state index is -0.394. The lowest BCUT2D eigenvalue weighted by atomic mass is 10.0. The van der Waals surface area contributed by atoms with Gasteiger partial charge >= 0.3 is 11.9 Å². The summed E-state index contributed by atoms with van der Waals surface area (Å²) in [5, 5.41) is 0. The van der Waals surface area contributed by atoms with Crippen molar-refractivity contribution in [2.24, 2.45) is 0 Å². The molecule has 4 heteroatoms. The summed E-state index contributed by atoms with van der Waals surface area (Å²) in [5.74, 6) is -0.651. The second-order valence-corrected chi connectivity index (χ2v) is 6.11. The Bertz CT molecular complexity index is 361. The predicted octanol–water partition coefficient (Wildman–Crippen LogP) is 5.76. The molecular formula is C21H38O4. The van der Waals surface area contributed by atoms with Crippen LogP contribution >= 0.6 is 0 Å². The van der Waals surface area contributed by atoms with Gasteiger partial charge in [0.2, 0.25) is 0 Å². The number of carbonyl (C=O) groups excluding carboxylic acids is 2. The maximum Gasteiger partial charge on any atom is 0.333 e. The number of hydrogen-bond donors (Lipinski definition) is 0. The summed E-state index contributed by atoms with van der Waals surface area (Å²) in [7, 11) is 2.72. The Morgan fingerprint density at radius 2 is 1.24 bits per heavy atom. The SMILES string of the molecule is C=C(CCCCCCCCCCCCC)C(=O)OC.C=CC(=O)OC. The van der Waals surface area contributed by atoms with Gasteiger partial charge in [0.25, 0.3) is 0 Å². The minimum absolute atomic E-state index is 0.257. The molecule has 0 spiro atoms. The number of ether oxygens (including phenoxy) is 2. The van der Waals surface area contributed by atoms with Crippen LogP contribution in [0.4, 0.5) is 0 Å². The van der Waals surface area contributed by atoms with Crippen molar-refractivity contribution in [3.63, 3.8) is 0 Å². The van der Waals surface area contributed by atoms with E-state index in [1.54, 1.807) is 0 Å². The van der Waals surface area contributed by atoms with E-state index in [9.17, 15) is 9.59 Å². The van der Waals surface area contributed by atoms with Crippen LogP contribution in [0.3, 0.4) is 0 Å². The average molecular weight is 355 g/mol.